The molecule has 0 aromatic carbocycles. The van der Waals surface area contributed by atoms with Gasteiger partial charge >= 0.3 is 0 Å². The van der Waals surface area contributed by atoms with E-state index in [1.807, 2.05) is 81.0 Å². The first kappa shape index (κ1) is 43.5. The molecule has 6 aromatic heterocycles. The van der Waals surface area contributed by atoms with Crippen LogP contribution in [0, 0.1) is 13.8 Å². The molecule has 7 rings (SSSR count). The van der Waals surface area contributed by atoms with Crippen LogP contribution >= 0.6 is 7.82 Å². The summed E-state index contributed by atoms with van der Waals surface area (Å²) in [7, 11) is -4.89. The first-order chi connectivity index (χ1) is 27.4. The van der Waals surface area contributed by atoms with Gasteiger partial charge in [0.1, 0.15) is 11.6 Å². The fraction of sp³-hybridized carbons (Fsp3) is 0.250. The second-order valence-corrected chi connectivity index (χ2v) is 13.6. The Morgan fingerprint density at radius 3 is 1.75 bits per heavy atom. The third kappa shape index (κ3) is 14.1. The zero-order valence-electron chi connectivity index (χ0n) is 32.2. The van der Waals surface area contributed by atoms with Gasteiger partial charge in [-0.1, -0.05) is 6.07 Å². The molecule has 16 nitrogen and oxygen atoms in total. The predicted molar refractivity (Wildman–Crippen MR) is 220 cm³/mol. The number of H-pyrrole nitrogens is 2. The molecule has 0 unspecified atom stereocenters. The van der Waals surface area contributed by atoms with E-state index in [-0.39, 0.29) is 12.3 Å². The molecule has 6 aromatic rings. The number of nitrogens with zero attached hydrogens (tertiary/aromatic N) is 7. The van der Waals surface area contributed by atoms with Crippen LogP contribution in [0.1, 0.15) is 43.1 Å². The smallest absolute Gasteiger partial charge is 0.262 e. The number of rotatable bonds is 9. The summed E-state index contributed by atoms with van der Waals surface area (Å²) in [5.74, 6) is 1.85. The molecular formula is C40H49N9O7P-. The first-order valence-corrected chi connectivity index (χ1v) is 19.5. The molecule has 0 aliphatic carbocycles. The number of hydrogen-bond acceptors (Lipinski definition) is 12. The van der Waals surface area contributed by atoms with E-state index in [1.165, 1.54) is 0 Å². The number of phosphoric acid groups is 1. The molecule has 0 radical (unpaired) electrons. The summed E-state index contributed by atoms with van der Waals surface area (Å²) in [5.41, 5.74) is 6.42. The second kappa shape index (κ2) is 21.8. The van der Waals surface area contributed by atoms with Gasteiger partial charge in [-0.2, -0.15) is 0 Å². The number of fused-ring (bicyclic) bond motifs is 1. The molecule has 0 saturated heterocycles. The maximum atomic E-state index is 12.0. The van der Waals surface area contributed by atoms with Gasteiger partial charge in [0.15, 0.2) is 17.6 Å². The molecule has 57 heavy (non-hydrogen) atoms. The van der Waals surface area contributed by atoms with Gasteiger partial charge in [0, 0.05) is 111 Å². The zero-order valence-corrected chi connectivity index (χ0v) is 33.1. The van der Waals surface area contributed by atoms with E-state index in [0.717, 1.165) is 70.4 Å². The standard InChI is InChI=1S/2C14H17N3O.C12H11N3O.H3O4P.H2/c2*1-3-17(13-5-4-6-15-9-13)10-12-8-16-7-11(2)14(12)18;1-2-5-14-12(3-1)15-8-10-7-13-6-4-11(10)16-9-15;1-5(2,3)4;/h2*4-9H,3,10H2,1-2H3,(H,16,18);1-7H,8-9H2;(H3,1,2,3,4);1H/p-1/i;;;;1+1. The molecule has 0 fully saturated rings. The van der Waals surface area contributed by atoms with Gasteiger partial charge in [0.05, 0.1) is 30.3 Å². The van der Waals surface area contributed by atoms with E-state index in [0.29, 0.717) is 19.8 Å². The summed E-state index contributed by atoms with van der Waals surface area (Å²) in [6, 6.07) is 15.6. The normalized spacial score (nSPS) is 11.5. The van der Waals surface area contributed by atoms with Crippen LogP contribution in [0.2, 0.25) is 0 Å². The van der Waals surface area contributed by atoms with Gasteiger partial charge in [-0.3, -0.25) is 29.1 Å². The van der Waals surface area contributed by atoms with Crippen molar-refractivity contribution in [1.29, 1.82) is 0 Å². The largest absolute Gasteiger partial charge is 0.756 e. The highest BCUT2D eigenvalue weighted by Crippen LogP contribution is 2.26. The number of aromatic nitrogens is 6. The third-order valence-electron chi connectivity index (χ3n) is 8.49. The molecule has 0 spiro atoms. The molecule has 0 amide bonds. The Kier molecular flexibility index (Phi) is 16.6. The highest BCUT2D eigenvalue weighted by Gasteiger charge is 2.18. The van der Waals surface area contributed by atoms with Crippen LogP contribution in [0.4, 0.5) is 17.2 Å². The van der Waals surface area contributed by atoms with Crippen molar-refractivity contribution in [3.63, 3.8) is 0 Å². The monoisotopic (exact) mass is 799 g/mol. The van der Waals surface area contributed by atoms with E-state index in [1.54, 1.807) is 49.6 Å². The number of aryl methyl sites for hydroxylation is 2. The Hall–Kier alpha value is -6.19. The van der Waals surface area contributed by atoms with Crippen molar-refractivity contribution < 1.29 is 25.4 Å². The Bertz CT molecular complexity index is 2170. The van der Waals surface area contributed by atoms with Crippen molar-refractivity contribution in [2.75, 3.05) is 34.5 Å². The summed E-state index contributed by atoms with van der Waals surface area (Å²) in [6.07, 6.45) is 19.5. The van der Waals surface area contributed by atoms with Crippen LogP contribution in [0.3, 0.4) is 0 Å². The molecular weight excluding hydrogens is 749 g/mol. The summed E-state index contributed by atoms with van der Waals surface area (Å²) >= 11 is 0. The predicted octanol–water partition coefficient (Wildman–Crippen LogP) is 4.73. The van der Waals surface area contributed by atoms with Crippen LogP contribution in [-0.2, 0) is 24.2 Å². The lowest BCUT2D eigenvalue weighted by atomic mass is 10.2. The van der Waals surface area contributed by atoms with Crippen LogP contribution in [0.25, 0.3) is 0 Å². The van der Waals surface area contributed by atoms with E-state index >= 15 is 0 Å². The second-order valence-electron chi connectivity index (χ2n) is 12.6. The fourth-order valence-electron chi connectivity index (χ4n) is 5.56. The highest BCUT2D eigenvalue weighted by atomic mass is 31.2. The summed E-state index contributed by atoms with van der Waals surface area (Å²) in [6.45, 7) is 12.0. The fourth-order valence-corrected chi connectivity index (χ4v) is 5.56. The summed E-state index contributed by atoms with van der Waals surface area (Å²) in [4.78, 5) is 75.9. The SMILES string of the molecule is CCN(Cc1c[nH]cc(C)c1=O)c1cccnc1.CCN(Cc1c[nH]cc(C)c1=O)c1cccnc1.O=P([O-])(O)O.[2HH].c1ccc(N2COc3ccncc3C2)nc1. The maximum absolute atomic E-state index is 12.0. The third-order valence-corrected chi connectivity index (χ3v) is 8.49. The van der Waals surface area contributed by atoms with E-state index in [4.69, 9.17) is 24.0 Å². The minimum Gasteiger partial charge on any atom is -0.756 e. The molecule has 0 bridgehead atoms. The zero-order chi connectivity index (χ0) is 41.2. The van der Waals surface area contributed by atoms with Gasteiger partial charge in [0.25, 0.3) is 7.82 Å². The molecule has 0 saturated carbocycles. The Morgan fingerprint density at radius 2 is 1.30 bits per heavy atom. The van der Waals surface area contributed by atoms with Gasteiger partial charge in [-0.05, 0) is 70.2 Å². The minimum absolute atomic E-state index is 0. The van der Waals surface area contributed by atoms with Crippen molar-refractivity contribution in [2.24, 2.45) is 0 Å². The molecule has 1 aliphatic rings. The van der Waals surface area contributed by atoms with Crippen molar-refractivity contribution in [1.82, 2.24) is 29.9 Å². The highest BCUT2D eigenvalue weighted by molar-refractivity contribution is 7.43. The molecule has 1 aliphatic heterocycles. The summed E-state index contributed by atoms with van der Waals surface area (Å²) < 4.78 is 14.4. The topological polar surface area (TPSA) is 217 Å². The number of pyridine rings is 6. The minimum atomic E-state index is -4.89. The number of ether oxygens (including phenoxy) is 1. The van der Waals surface area contributed by atoms with Gasteiger partial charge in [-0.25, -0.2) is 4.98 Å². The molecule has 4 N–H and O–H groups in total. The van der Waals surface area contributed by atoms with Crippen molar-refractivity contribution in [3.05, 3.63) is 165 Å². The van der Waals surface area contributed by atoms with Gasteiger partial charge in [0.2, 0.25) is 0 Å². The van der Waals surface area contributed by atoms with Crippen molar-refractivity contribution in [3.8, 4) is 5.75 Å². The van der Waals surface area contributed by atoms with E-state index < -0.39 is 7.82 Å². The molecule has 7 heterocycles. The number of hydrogen-bond donors (Lipinski definition) is 4. The lowest BCUT2D eigenvalue weighted by molar-refractivity contribution is -0.214. The Morgan fingerprint density at radius 1 is 0.772 bits per heavy atom. The number of nitrogens with one attached hydrogen (secondary N) is 2. The Balaban J connectivity index is 0.000000218. The van der Waals surface area contributed by atoms with Crippen LogP contribution in [-0.4, -0.2) is 59.5 Å². The van der Waals surface area contributed by atoms with E-state index in [2.05, 4.69) is 58.5 Å². The Labute approximate surface area is 332 Å². The van der Waals surface area contributed by atoms with Crippen LogP contribution in [0.5, 0.6) is 5.75 Å². The molecule has 302 valence electrons. The number of aromatic amines is 2. The van der Waals surface area contributed by atoms with Crippen molar-refractivity contribution in [2.45, 2.75) is 47.3 Å². The average Bonchev–Trinajstić information content (AvgIpc) is 3.22. The lowest BCUT2D eigenvalue weighted by Crippen LogP contribution is -2.32. The van der Waals surface area contributed by atoms with Crippen LogP contribution in [0.15, 0.2) is 126 Å². The average molecular weight is 800 g/mol. The van der Waals surface area contributed by atoms with Gasteiger partial charge < -0.3 is 44.1 Å². The number of anilines is 3. The maximum Gasteiger partial charge on any atom is 0.262 e. The van der Waals surface area contributed by atoms with Crippen molar-refractivity contribution >= 4 is 25.0 Å². The first-order valence-electron chi connectivity index (χ1n) is 18.0. The molecule has 17 heteroatoms. The molecule has 0 atom stereocenters. The van der Waals surface area contributed by atoms with Crippen LogP contribution < -0.4 is 35.2 Å². The summed E-state index contributed by atoms with van der Waals surface area (Å²) in [5, 5.41) is 0. The van der Waals surface area contributed by atoms with Gasteiger partial charge in [-0.15, -0.1) is 0 Å². The van der Waals surface area contributed by atoms with E-state index in [9.17, 15) is 9.59 Å². The quantitative estimate of drug-likeness (QED) is 0.146. The lowest BCUT2D eigenvalue weighted by Gasteiger charge is -2.29.